The van der Waals surface area contributed by atoms with Crippen molar-refractivity contribution in [2.24, 2.45) is 11.0 Å². The van der Waals surface area contributed by atoms with Gasteiger partial charge >= 0.3 is 5.97 Å². The molecule has 2 aromatic rings. The molecule has 3 N–H and O–H groups in total. The molecule has 182 valence electrons. The molecule has 35 heavy (non-hydrogen) atoms. The van der Waals surface area contributed by atoms with E-state index < -0.39 is 23.7 Å². The number of imide groups is 1. The monoisotopic (exact) mass is 475 g/mol. The summed E-state index contributed by atoms with van der Waals surface area (Å²) < 4.78 is 0. The van der Waals surface area contributed by atoms with E-state index in [4.69, 9.17) is 0 Å². The molecule has 4 rings (SSSR count). The van der Waals surface area contributed by atoms with Crippen molar-refractivity contribution in [1.29, 1.82) is 0 Å². The van der Waals surface area contributed by atoms with E-state index in [9.17, 15) is 24.6 Å². The molecule has 1 heterocycles. The fraction of sp³-hybridized carbons (Fsp3) is 0.333. The lowest BCUT2D eigenvalue weighted by molar-refractivity contribution is -0.143. The first-order valence-electron chi connectivity index (χ1n) is 11.7. The van der Waals surface area contributed by atoms with E-state index >= 15 is 0 Å². The molecule has 2 unspecified atom stereocenters. The van der Waals surface area contributed by atoms with Crippen molar-refractivity contribution >= 4 is 34.9 Å². The number of phenolic OH excluding ortho intramolecular Hbond substituents is 1. The number of nitrogens with one attached hydrogen (secondary N) is 1. The fourth-order valence-electron chi connectivity index (χ4n) is 4.73. The molecule has 0 spiro atoms. The Labute approximate surface area is 204 Å². The van der Waals surface area contributed by atoms with E-state index in [1.54, 1.807) is 37.3 Å². The van der Waals surface area contributed by atoms with Crippen molar-refractivity contribution in [2.75, 3.05) is 10.3 Å². The summed E-state index contributed by atoms with van der Waals surface area (Å²) in [4.78, 5) is 38.4. The number of carbonyl (C=O) groups is 3. The molecule has 2 aliphatic rings. The molecule has 0 radical (unpaired) electrons. The Hall–Kier alpha value is -3.94. The van der Waals surface area contributed by atoms with E-state index in [2.05, 4.69) is 10.5 Å². The maximum absolute atomic E-state index is 13.2. The normalized spacial score (nSPS) is 21.7. The quantitative estimate of drug-likeness (QED) is 0.329. The maximum atomic E-state index is 13.2. The SMILES string of the molecule is CC1=CC(=O)N(c2ccc(C)c(C)c2)C(=O)C1=NNc1cccc(C2CCCC(C(=O)O)C2)c1O. The van der Waals surface area contributed by atoms with E-state index in [0.29, 0.717) is 35.4 Å². The lowest BCUT2D eigenvalue weighted by atomic mass is 9.77. The zero-order valence-corrected chi connectivity index (χ0v) is 20.0. The molecule has 2 atom stereocenters. The van der Waals surface area contributed by atoms with Crippen molar-refractivity contribution in [3.05, 3.63) is 64.7 Å². The number of carbonyl (C=O) groups excluding carboxylic acids is 2. The zero-order chi connectivity index (χ0) is 25.3. The minimum absolute atomic E-state index is 0.0140. The number of nitrogens with zero attached hydrogens (tertiary/aromatic N) is 2. The van der Waals surface area contributed by atoms with Crippen LogP contribution in [0.2, 0.25) is 0 Å². The van der Waals surface area contributed by atoms with Crippen molar-refractivity contribution < 1.29 is 24.6 Å². The number of hydrogen-bond donors (Lipinski definition) is 3. The molecule has 1 aliphatic carbocycles. The minimum Gasteiger partial charge on any atom is -0.505 e. The summed E-state index contributed by atoms with van der Waals surface area (Å²) in [7, 11) is 0. The van der Waals surface area contributed by atoms with Crippen LogP contribution in [0.1, 0.15) is 55.2 Å². The highest BCUT2D eigenvalue weighted by Crippen LogP contribution is 2.42. The van der Waals surface area contributed by atoms with Crippen LogP contribution in [0.4, 0.5) is 11.4 Å². The standard InChI is InChI=1S/C27H29N3O5/c1-15-10-11-20(12-16(15)2)30-23(31)13-17(3)24(26(30)33)29-28-22-9-5-8-21(25(22)32)18-6-4-7-19(14-18)27(34)35/h5,8-13,18-19,28,32H,4,6-7,14H2,1-3H3,(H,34,35). The molecule has 1 aliphatic heterocycles. The number of phenols is 1. The Balaban J connectivity index is 1.60. The average molecular weight is 476 g/mol. The van der Waals surface area contributed by atoms with Crippen molar-refractivity contribution in [1.82, 2.24) is 0 Å². The number of carboxylic acid groups (broad SMARTS) is 1. The molecule has 8 nitrogen and oxygen atoms in total. The predicted molar refractivity (Wildman–Crippen MR) is 134 cm³/mol. The number of hydrogen-bond acceptors (Lipinski definition) is 6. The first-order valence-corrected chi connectivity index (χ1v) is 11.7. The Bertz CT molecular complexity index is 1260. The van der Waals surface area contributed by atoms with Gasteiger partial charge in [0, 0.05) is 6.08 Å². The van der Waals surface area contributed by atoms with Crippen LogP contribution in [0.25, 0.3) is 0 Å². The molecule has 8 heteroatoms. The van der Waals surface area contributed by atoms with Gasteiger partial charge in [-0.05, 0) is 86.4 Å². The highest BCUT2D eigenvalue weighted by atomic mass is 16.4. The molecule has 2 amide bonds. The molecule has 1 fully saturated rings. The summed E-state index contributed by atoms with van der Waals surface area (Å²) in [6, 6.07) is 10.6. The van der Waals surface area contributed by atoms with Crippen molar-refractivity contribution in [3.8, 4) is 5.75 Å². The number of anilines is 2. The van der Waals surface area contributed by atoms with Gasteiger partial charge in [-0.2, -0.15) is 5.10 Å². The molecule has 0 bridgehead atoms. The van der Waals surface area contributed by atoms with E-state index in [1.807, 2.05) is 19.9 Å². The number of amides is 2. The number of benzene rings is 2. The number of carboxylic acids is 1. The maximum Gasteiger partial charge on any atom is 0.306 e. The van der Waals surface area contributed by atoms with Gasteiger partial charge in [-0.3, -0.25) is 19.8 Å². The molecular formula is C27H29N3O5. The van der Waals surface area contributed by atoms with Gasteiger partial charge < -0.3 is 10.2 Å². The Kier molecular flexibility index (Phi) is 6.73. The van der Waals surface area contributed by atoms with Crippen LogP contribution in [0.15, 0.2) is 53.1 Å². The Morgan fingerprint density at radius 1 is 1.09 bits per heavy atom. The summed E-state index contributed by atoms with van der Waals surface area (Å²) in [6.45, 7) is 5.50. The van der Waals surface area contributed by atoms with Gasteiger partial charge in [0.15, 0.2) is 5.71 Å². The summed E-state index contributed by atoms with van der Waals surface area (Å²) in [6.07, 6.45) is 4.04. The average Bonchev–Trinajstić information content (AvgIpc) is 2.82. The molecular weight excluding hydrogens is 446 g/mol. The van der Waals surface area contributed by atoms with E-state index in [0.717, 1.165) is 28.9 Å². The van der Waals surface area contributed by atoms with Gasteiger partial charge in [0.1, 0.15) is 5.75 Å². The fourth-order valence-corrected chi connectivity index (χ4v) is 4.73. The summed E-state index contributed by atoms with van der Waals surface area (Å²) in [5, 5.41) is 24.6. The van der Waals surface area contributed by atoms with Crippen molar-refractivity contribution in [2.45, 2.75) is 52.4 Å². The first-order chi connectivity index (χ1) is 16.7. The third-order valence-corrected chi connectivity index (χ3v) is 6.91. The largest absolute Gasteiger partial charge is 0.505 e. The number of aryl methyl sites for hydroxylation is 2. The lowest BCUT2D eigenvalue weighted by Gasteiger charge is -2.28. The molecule has 0 saturated heterocycles. The minimum atomic E-state index is -0.809. The topological polar surface area (TPSA) is 119 Å². The number of rotatable bonds is 5. The van der Waals surface area contributed by atoms with E-state index in [-0.39, 0.29) is 17.4 Å². The van der Waals surface area contributed by atoms with Crippen LogP contribution in [-0.4, -0.2) is 33.7 Å². The second-order valence-electron chi connectivity index (χ2n) is 9.29. The summed E-state index contributed by atoms with van der Waals surface area (Å²) in [5.41, 5.74) is 6.72. The number of para-hydroxylation sites is 1. The van der Waals surface area contributed by atoms with Crippen LogP contribution in [0, 0.1) is 19.8 Å². The van der Waals surface area contributed by atoms with Crippen LogP contribution in [0.3, 0.4) is 0 Å². The zero-order valence-electron chi connectivity index (χ0n) is 20.0. The summed E-state index contributed by atoms with van der Waals surface area (Å²) >= 11 is 0. The van der Waals surface area contributed by atoms with Gasteiger partial charge in [-0.1, -0.05) is 24.6 Å². The first kappa shape index (κ1) is 24.2. The predicted octanol–water partition coefficient (Wildman–Crippen LogP) is 4.66. The highest BCUT2D eigenvalue weighted by Gasteiger charge is 2.33. The van der Waals surface area contributed by atoms with Gasteiger partial charge in [-0.15, -0.1) is 0 Å². The van der Waals surface area contributed by atoms with Crippen LogP contribution >= 0.6 is 0 Å². The van der Waals surface area contributed by atoms with Crippen LogP contribution in [-0.2, 0) is 14.4 Å². The van der Waals surface area contributed by atoms with Gasteiger partial charge in [-0.25, -0.2) is 4.90 Å². The lowest BCUT2D eigenvalue weighted by Crippen LogP contribution is -2.45. The molecule has 2 aromatic carbocycles. The Morgan fingerprint density at radius 2 is 1.86 bits per heavy atom. The molecule has 1 saturated carbocycles. The number of aliphatic carboxylic acids is 1. The Morgan fingerprint density at radius 3 is 2.57 bits per heavy atom. The number of aromatic hydroxyl groups is 1. The van der Waals surface area contributed by atoms with Gasteiger partial charge in [0.2, 0.25) is 0 Å². The highest BCUT2D eigenvalue weighted by molar-refractivity contribution is 6.56. The van der Waals surface area contributed by atoms with Crippen molar-refractivity contribution in [3.63, 3.8) is 0 Å². The molecule has 0 aromatic heterocycles. The second-order valence-corrected chi connectivity index (χ2v) is 9.29. The van der Waals surface area contributed by atoms with Crippen LogP contribution < -0.4 is 10.3 Å². The smallest absolute Gasteiger partial charge is 0.306 e. The van der Waals surface area contributed by atoms with Gasteiger partial charge in [0.25, 0.3) is 11.8 Å². The number of hydrazone groups is 1. The van der Waals surface area contributed by atoms with E-state index in [1.165, 1.54) is 6.08 Å². The van der Waals surface area contributed by atoms with Gasteiger partial charge in [0.05, 0.1) is 17.3 Å². The summed E-state index contributed by atoms with van der Waals surface area (Å²) in [5.74, 6) is -2.32. The third-order valence-electron chi connectivity index (χ3n) is 6.91. The van der Waals surface area contributed by atoms with Crippen LogP contribution in [0.5, 0.6) is 5.75 Å². The second kappa shape index (κ2) is 9.74. The third kappa shape index (κ3) is 4.82.